The predicted molar refractivity (Wildman–Crippen MR) is 79.4 cm³/mol. The molecule has 0 saturated heterocycles. The first-order chi connectivity index (χ1) is 10.1. The molecular weight excluding hydrogens is 272 g/mol. The number of non-ortho nitro benzene ring substituents is 1. The standard InChI is InChI=1S/C14H18N4O3/c1-3-4-21-14-6-12(5-13(7-14)18(19)20)15-8-11-9-16-17(2)10-11/h5-7,9-10,15H,3-4,8H2,1-2H3. The molecule has 0 atom stereocenters. The fourth-order valence-corrected chi connectivity index (χ4v) is 1.86. The molecule has 0 aliphatic heterocycles. The summed E-state index contributed by atoms with van der Waals surface area (Å²) in [6.45, 7) is 3.06. The van der Waals surface area contributed by atoms with Gasteiger partial charge in [-0.25, -0.2) is 0 Å². The highest BCUT2D eigenvalue weighted by Crippen LogP contribution is 2.26. The van der Waals surface area contributed by atoms with Crippen LogP contribution in [0.1, 0.15) is 18.9 Å². The average molecular weight is 290 g/mol. The first-order valence-electron chi connectivity index (χ1n) is 6.72. The smallest absolute Gasteiger partial charge is 0.275 e. The fraction of sp³-hybridized carbons (Fsp3) is 0.357. The van der Waals surface area contributed by atoms with Crippen molar-refractivity contribution in [2.45, 2.75) is 19.9 Å². The summed E-state index contributed by atoms with van der Waals surface area (Å²) in [5.74, 6) is 0.500. The molecule has 0 bridgehead atoms. The number of hydrogen-bond donors (Lipinski definition) is 1. The molecule has 1 heterocycles. The van der Waals surface area contributed by atoms with Crippen molar-refractivity contribution in [2.75, 3.05) is 11.9 Å². The lowest BCUT2D eigenvalue weighted by molar-refractivity contribution is -0.384. The minimum atomic E-state index is -0.423. The summed E-state index contributed by atoms with van der Waals surface area (Å²) in [7, 11) is 1.84. The van der Waals surface area contributed by atoms with Gasteiger partial charge in [0, 0.05) is 43.2 Å². The minimum Gasteiger partial charge on any atom is -0.493 e. The van der Waals surface area contributed by atoms with Gasteiger partial charge in [-0.15, -0.1) is 0 Å². The van der Waals surface area contributed by atoms with Gasteiger partial charge in [0.1, 0.15) is 5.75 Å². The summed E-state index contributed by atoms with van der Waals surface area (Å²) < 4.78 is 7.19. The third-order valence-corrected chi connectivity index (χ3v) is 2.83. The van der Waals surface area contributed by atoms with Crippen LogP contribution in [-0.4, -0.2) is 21.3 Å². The van der Waals surface area contributed by atoms with Crippen LogP contribution in [0.2, 0.25) is 0 Å². The molecule has 1 aromatic carbocycles. The molecule has 0 fully saturated rings. The number of aromatic nitrogens is 2. The molecule has 0 spiro atoms. The molecule has 0 amide bonds. The number of nitrogens with zero attached hydrogens (tertiary/aromatic N) is 3. The molecule has 2 aromatic rings. The topological polar surface area (TPSA) is 82.2 Å². The van der Waals surface area contributed by atoms with Crippen molar-refractivity contribution in [3.8, 4) is 5.75 Å². The van der Waals surface area contributed by atoms with Crippen molar-refractivity contribution < 1.29 is 9.66 Å². The van der Waals surface area contributed by atoms with Crippen LogP contribution < -0.4 is 10.1 Å². The zero-order valence-corrected chi connectivity index (χ0v) is 12.1. The van der Waals surface area contributed by atoms with Gasteiger partial charge in [0.05, 0.1) is 23.8 Å². The summed E-state index contributed by atoms with van der Waals surface area (Å²) in [4.78, 5) is 10.5. The normalized spacial score (nSPS) is 10.4. The van der Waals surface area contributed by atoms with E-state index >= 15 is 0 Å². The third kappa shape index (κ3) is 4.20. The van der Waals surface area contributed by atoms with E-state index in [1.165, 1.54) is 12.1 Å². The lowest BCUT2D eigenvalue weighted by atomic mass is 10.2. The number of aryl methyl sites for hydroxylation is 1. The van der Waals surface area contributed by atoms with Crippen LogP contribution in [0.3, 0.4) is 0 Å². The summed E-state index contributed by atoms with van der Waals surface area (Å²) in [5, 5.41) is 18.2. The maximum Gasteiger partial charge on any atom is 0.275 e. The molecule has 0 unspecified atom stereocenters. The number of nitrogens with one attached hydrogen (secondary N) is 1. The molecule has 1 aromatic heterocycles. The van der Waals surface area contributed by atoms with Gasteiger partial charge < -0.3 is 10.1 Å². The zero-order valence-electron chi connectivity index (χ0n) is 12.1. The zero-order chi connectivity index (χ0) is 15.2. The van der Waals surface area contributed by atoms with Crippen molar-refractivity contribution >= 4 is 11.4 Å². The van der Waals surface area contributed by atoms with Crippen molar-refractivity contribution in [1.29, 1.82) is 0 Å². The molecule has 21 heavy (non-hydrogen) atoms. The van der Waals surface area contributed by atoms with E-state index in [1.54, 1.807) is 16.9 Å². The summed E-state index contributed by atoms with van der Waals surface area (Å²) in [6, 6.07) is 4.69. The third-order valence-electron chi connectivity index (χ3n) is 2.83. The van der Waals surface area contributed by atoms with E-state index in [9.17, 15) is 10.1 Å². The Hall–Kier alpha value is -2.57. The summed E-state index contributed by atoms with van der Waals surface area (Å²) in [5.41, 5.74) is 1.66. The van der Waals surface area contributed by atoms with Gasteiger partial charge in [-0.2, -0.15) is 5.10 Å². The van der Waals surface area contributed by atoms with Gasteiger partial charge in [-0.1, -0.05) is 6.92 Å². The highest BCUT2D eigenvalue weighted by Gasteiger charge is 2.10. The van der Waals surface area contributed by atoms with Crippen LogP contribution in [-0.2, 0) is 13.6 Å². The van der Waals surface area contributed by atoms with E-state index in [-0.39, 0.29) is 5.69 Å². The second-order valence-corrected chi connectivity index (χ2v) is 4.70. The number of rotatable bonds is 7. The minimum absolute atomic E-state index is 0.0114. The van der Waals surface area contributed by atoms with Crippen LogP contribution in [0, 0.1) is 10.1 Å². The van der Waals surface area contributed by atoms with Crippen LogP contribution in [0.5, 0.6) is 5.75 Å². The SMILES string of the molecule is CCCOc1cc(NCc2cnn(C)c2)cc([N+](=O)[O-])c1. The lowest BCUT2D eigenvalue weighted by Gasteiger charge is -2.09. The lowest BCUT2D eigenvalue weighted by Crippen LogP contribution is -2.01. The van der Waals surface area contributed by atoms with Crippen molar-refractivity contribution in [3.05, 3.63) is 46.3 Å². The summed E-state index contributed by atoms with van der Waals surface area (Å²) in [6.07, 6.45) is 4.48. The van der Waals surface area contributed by atoms with Crippen LogP contribution in [0.4, 0.5) is 11.4 Å². The molecule has 112 valence electrons. The van der Waals surface area contributed by atoms with Gasteiger partial charge >= 0.3 is 0 Å². The quantitative estimate of drug-likeness (QED) is 0.626. The van der Waals surface area contributed by atoms with Gasteiger partial charge in [0.2, 0.25) is 0 Å². The molecule has 0 radical (unpaired) electrons. The second-order valence-electron chi connectivity index (χ2n) is 4.70. The summed E-state index contributed by atoms with van der Waals surface area (Å²) >= 11 is 0. The van der Waals surface area contributed by atoms with E-state index in [0.29, 0.717) is 24.6 Å². The van der Waals surface area contributed by atoms with E-state index < -0.39 is 4.92 Å². The number of nitro benzene ring substituents is 1. The number of nitro groups is 1. The number of anilines is 1. The Kier molecular flexibility index (Phi) is 4.76. The van der Waals surface area contributed by atoms with E-state index in [4.69, 9.17) is 4.74 Å². The van der Waals surface area contributed by atoms with E-state index in [0.717, 1.165) is 12.0 Å². The van der Waals surface area contributed by atoms with Gasteiger partial charge in [-0.3, -0.25) is 14.8 Å². The molecule has 0 saturated carbocycles. The van der Waals surface area contributed by atoms with Crippen LogP contribution in [0.15, 0.2) is 30.6 Å². The Morgan fingerprint density at radius 3 is 2.86 bits per heavy atom. The first kappa shape index (κ1) is 14.8. The molecule has 0 aliphatic rings. The Morgan fingerprint density at radius 2 is 2.24 bits per heavy atom. The molecule has 7 nitrogen and oxygen atoms in total. The molecular formula is C14H18N4O3. The number of ether oxygens (including phenoxy) is 1. The van der Waals surface area contributed by atoms with Gasteiger partial charge in [-0.05, 0) is 6.42 Å². The van der Waals surface area contributed by atoms with Crippen LogP contribution >= 0.6 is 0 Å². The average Bonchev–Trinajstić information content (AvgIpc) is 2.88. The fourth-order valence-electron chi connectivity index (χ4n) is 1.86. The Balaban J connectivity index is 2.12. The maximum absolute atomic E-state index is 11.0. The maximum atomic E-state index is 11.0. The molecule has 1 N–H and O–H groups in total. The highest BCUT2D eigenvalue weighted by molar-refractivity contribution is 5.56. The number of benzene rings is 1. The Morgan fingerprint density at radius 1 is 1.43 bits per heavy atom. The predicted octanol–water partition coefficient (Wildman–Crippen LogP) is 2.73. The van der Waals surface area contributed by atoms with Crippen molar-refractivity contribution in [1.82, 2.24) is 9.78 Å². The Bertz CT molecular complexity index is 624. The van der Waals surface area contributed by atoms with Crippen molar-refractivity contribution in [2.24, 2.45) is 7.05 Å². The monoisotopic (exact) mass is 290 g/mol. The van der Waals surface area contributed by atoms with Gasteiger partial charge in [0.25, 0.3) is 5.69 Å². The molecule has 7 heteroatoms. The van der Waals surface area contributed by atoms with E-state index in [2.05, 4.69) is 10.4 Å². The largest absolute Gasteiger partial charge is 0.493 e. The number of hydrogen-bond acceptors (Lipinski definition) is 5. The Labute approximate surface area is 122 Å². The van der Waals surface area contributed by atoms with E-state index in [1.807, 2.05) is 20.2 Å². The molecule has 2 rings (SSSR count). The molecule has 0 aliphatic carbocycles. The van der Waals surface area contributed by atoms with Crippen molar-refractivity contribution in [3.63, 3.8) is 0 Å². The van der Waals surface area contributed by atoms with Gasteiger partial charge in [0.15, 0.2) is 0 Å². The second kappa shape index (κ2) is 6.74. The first-order valence-corrected chi connectivity index (χ1v) is 6.72. The highest BCUT2D eigenvalue weighted by atomic mass is 16.6. The van der Waals surface area contributed by atoms with Crippen LogP contribution in [0.25, 0.3) is 0 Å².